The van der Waals surface area contributed by atoms with E-state index in [9.17, 15) is 4.79 Å². The van der Waals surface area contributed by atoms with Crippen LogP contribution in [0.4, 0.5) is 6.01 Å². The number of fused-ring (bicyclic) bond motifs is 2. The maximum absolute atomic E-state index is 12.5. The monoisotopic (exact) mass is 387 g/mol. The van der Waals surface area contributed by atoms with Crippen molar-refractivity contribution in [3.8, 4) is 11.5 Å². The average Bonchev–Trinajstić information content (AvgIpc) is 3.20. The molecule has 5 rings (SSSR count). The molecule has 3 aromatic carbocycles. The van der Waals surface area contributed by atoms with Crippen LogP contribution in [0, 0.1) is 0 Å². The number of nitrogens with zero attached hydrogens (tertiary/aromatic N) is 2. The first kappa shape index (κ1) is 17.2. The highest BCUT2D eigenvalue weighted by Gasteiger charge is 2.15. The highest BCUT2D eigenvalue weighted by Crippen LogP contribution is 2.31. The molecule has 2 heterocycles. The molecule has 0 saturated carbocycles. The van der Waals surface area contributed by atoms with Crippen LogP contribution < -0.4 is 14.8 Å². The summed E-state index contributed by atoms with van der Waals surface area (Å²) >= 11 is 0. The minimum atomic E-state index is -0.301. The van der Waals surface area contributed by atoms with Crippen molar-refractivity contribution in [1.29, 1.82) is 0 Å². The molecule has 7 heteroatoms. The van der Waals surface area contributed by atoms with Gasteiger partial charge in [-0.3, -0.25) is 10.1 Å². The summed E-state index contributed by atoms with van der Waals surface area (Å²) < 4.78 is 16.7. The zero-order valence-corrected chi connectivity index (χ0v) is 15.4. The fourth-order valence-corrected chi connectivity index (χ4v) is 3.25. The van der Waals surface area contributed by atoms with Gasteiger partial charge in [-0.25, -0.2) is 0 Å². The fourth-order valence-electron chi connectivity index (χ4n) is 3.25. The molecule has 1 amide bonds. The molecule has 1 aliphatic rings. The first-order valence-electron chi connectivity index (χ1n) is 9.26. The van der Waals surface area contributed by atoms with Gasteiger partial charge in [0, 0.05) is 5.56 Å². The lowest BCUT2D eigenvalue weighted by Crippen LogP contribution is -2.15. The minimum Gasteiger partial charge on any atom is -0.486 e. The number of rotatable bonds is 4. The zero-order chi connectivity index (χ0) is 19.6. The van der Waals surface area contributed by atoms with Crippen molar-refractivity contribution < 1.29 is 18.7 Å². The number of aromatic nitrogens is 2. The first-order chi connectivity index (χ1) is 14.2. The SMILES string of the molecule is O=C(Nc1nnc(Cc2ccc3c(c2)OCCO3)o1)c1ccc2ccccc2c1. The number of ether oxygens (including phenoxy) is 2. The number of hydrogen-bond donors (Lipinski definition) is 1. The van der Waals surface area contributed by atoms with Crippen molar-refractivity contribution in [3.05, 3.63) is 77.7 Å². The van der Waals surface area contributed by atoms with Crippen LogP contribution in [0.5, 0.6) is 11.5 Å². The van der Waals surface area contributed by atoms with Gasteiger partial charge in [-0.1, -0.05) is 41.5 Å². The molecule has 0 fully saturated rings. The molecular weight excluding hydrogens is 370 g/mol. The molecule has 144 valence electrons. The van der Waals surface area contributed by atoms with E-state index >= 15 is 0 Å². The number of nitrogens with one attached hydrogen (secondary N) is 1. The quantitative estimate of drug-likeness (QED) is 0.573. The van der Waals surface area contributed by atoms with Gasteiger partial charge in [0.15, 0.2) is 11.5 Å². The topological polar surface area (TPSA) is 86.5 Å². The van der Waals surface area contributed by atoms with Crippen LogP contribution in [0.3, 0.4) is 0 Å². The largest absolute Gasteiger partial charge is 0.486 e. The molecule has 1 aliphatic heterocycles. The fraction of sp³-hybridized carbons (Fsp3) is 0.136. The van der Waals surface area contributed by atoms with Gasteiger partial charge in [0.05, 0.1) is 6.42 Å². The van der Waals surface area contributed by atoms with E-state index in [2.05, 4.69) is 15.5 Å². The highest BCUT2D eigenvalue weighted by atomic mass is 16.6. The van der Waals surface area contributed by atoms with Gasteiger partial charge in [0.2, 0.25) is 5.89 Å². The maximum Gasteiger partial charge on any atom is 0.322 e. The summed E-state index contributed by atoms with van der Waals surface area (Å²) in [4.78, 5) is 12.5. The van der Waals surface area contributed by atoms with Crippen LogP contribution in [-0.4, -0.2) is 29.3 Å². The minimum absolute atomic E-state index is 0.0655. The predicted octanol–water partition coefficient (Wildman–Crippen LogP) is 3.84. The van der Waals surface area contributed by atoms with Gasteiger partial charge in [-0.15, -0.1) is 5.10 Å². The Balaban J connectivity index is 1.29. The standard InChI is InChI=1S/C22H17N3O4/c26-21(17-7-6-15-3-1-2-4-16(15)13-17)23-22-25-24-20(29-22)12-14-5-8-18-19(11-14)28-10-9-27-18/h1-8,11,13H,9-10,12H2,(H,23,25,26). The Bertz CT molecular complexity index is 1200. The van der Waals surface area contributed by atoms with E-state index < -0.39 is 0 Å². The molecule has 0 bridgehead atoms. The van der Waals surface area contributed by atoms with E-state index in [0.29, 0.717) is 36.8 Å². The second kappa shape index (κ2) is 7.27. The summed E-state index contributed by atoms with van der Waals surface area (Å²) in [6, 6.07) is 19.1. The molecule has 0 aliphatic carbocycles. The van der Waals surface area contributed by atoms with Gasteiger partial charge in [0.25, 0.3) is 5.91 Å². The molecule has 1 N–H and O–H groups in total. The Hall–Kier alpha value is -3.87. The highest BCUT2D eigenvalue weighted by molar-refractivity contribution is 6.05. The summed E-state index contributed by atoms with van der Waals surface area (Å²) in [5.41, 5.74) is 1.47. The number of hydrogen-bond acceptors (Lipinski definition) is 6. The molecule has 1 aromatic heterocycles. The van der Waals surface area contributed by atoms with E-state index in [4.69, 9.17) is 13.9 Å². The molecule has 0 saturated heterocycles. The molecule has 0 radical (unpaired) electrons. The third-order valence-corrected chi connectivity index (χ3v) is 4.66. The summed E-state index contributed by atoms with van der Waals surface area (Å²) in [5.74, 6) is 1.53. The Morgan fingerprint density at radius 1 is 0.897 bits per heavy atom. The van der Waals surface area contributed by atoms with Gasteiger partial charge >= 0.3 is 6.01 Å². The summed E-state index contributed by atoms with van der Waals surface area (Å²) in [5, 5.41) is 12.7. The third kappa shape index (κ3) is 3.62. The smallest absolute Gasteiger partial charge is 0.322 e. The van der Waals surface area contributed by atoms with Crippen LogP contribution in [0.2, 0.25) is 0 Å². The van der Waals surface area contributed by atoms with Crippen LogP contribution in [0.25, 0.3) is 10.8 Å². The van der Waals surface area contributed by atoms with Gasteiger partial charge in [-0.05, 0) is 40.6 Å². The van der Waals surface area contributed by atoms with E-state index in [1.54, 1.807) is 6.07 Å². The van der Waals surface area contributed by atoms with Crippen molar-refractivity contribution in [2.24, 2.45) is 0 Å². The van der Waals surface area contributed by atoms with Crippen LogP contribution in [-0.2, 0) is 6.42 Å². The molecule has 0 spiro atoms. The number of carbonyl (C=O) groups excluding carboxylic acids is 1. The predicted molar refractivity (Wildman–Crippen MR) is 106 cm³/mol. The second-order valence-electron chi connectivity index (χ2n) is 6.67. The normalized spacial score (nSPS) is 12.7. The Kier molecular flexibility index (Phi) is 4.32. The molecule has 29 heavy (non-hydrogen) atoms. The summed E-state index contributed by atoms with van der Waals surface area (Å²) in [6.07, 6.45) is 0.426. The number of amides is 1. The zero-order valence-electron chi connectivity index (χ0n) is 15.4. The molecule has 4 aromatic rings. The molecule has 0 unspecified atom stereocenters. The van der Waals surface area contributed by atoms with Crippen LogP contribution >= 0.6 is 0 Å². The third-order valence-electron chi connectivity index (χ3n) is 4.66. The number of carbonyl (C=O) groups is 1. The van der Waals surface area contributed by atoms with Crippen molar-refractivity contribution >= 4 is 22.7 Å². The van der Waals surface area contributed by atoms with Crippen molar-refractivity contribution in [2.45, 2.75) is 6.42 Å². The molecule has 0 atom stereocenters. The Morgan fingerprint density at radius 2 is 1.72 bits per heavy atom. The van der Waals surface area contributed by atoms with Crippen LogP contribution in [0.15, 0.2) is 65.1 Å². The van der Waals surface area contributed by atoms with Crippen molar-refractivity contribution in [3.63, 3.8) is 0 Å². The lowest BCUT2D eigenvalue weighted by molar-refractivity contribution is 0.102. The number of benzene rings is 3. The van der Waals surface area contributed by atoms with E-state index in [-0.39, 0.29) is 11.9 Å². The molecular formula is C22H17N3O4. The summed E-state index contributed by atoms with van der Waals surface area (Å²) in [6.45, 7) is 1.08. The first-order valence-corrected chi connectivity index (χ1v) is 9.26. The Labute approximate surface area is 166 Å². The van der Waals surface area contributed by atoms with Crippen LogP contribution in [0.1, 0.15) is 21.8 Å². The van der Waals surface area contributed by atoms with Crippen molar-refractivity contribution in [1.82, 2.24) is 10.2 Å². The average molecular weight is 387 g/mol. The van der Waals surface area contributed by atoms with E-state index in [1.807, 2.05) is 54.6 Å². The Morgan fingerprint density at radius 3 is 2.62 bits per heavy atom. The maximum atomic E-state index is 12.5. The van der Waals surface area contributed by atoms with Gasteiger partial charge in [-0.2, -0.15) is 0 Å². The van der Waals surface area contributed by atoms with E-state index in [1.165, 1.54) is 0 Å². The van der Waals surface area contributed by atoms with Gasteiger partial charge < -0.3 is 13.9 Å². The summed E-state index contributed by atoms with van der Waals surface area (Å²) in [7, 11) is 0. The molecule has 7 nitrogen and oxygen atoms in total. The second-order valence-corrected chi connectivity index (χ2v) is 6.67. The lowest BCUT2D eigenvalue weighted by Gasteiger charge is -2.18. The van der Waals surface area contributed by atoms with Crippen molar-refractivity contribution in [2.75, 3.05) is 18.5 Å². The number of anilines is 1. The lowest BCUT2D eigenvalue weighted by atomic mass is 10.1. The van der Waals surface area contributed by atoms with E-state index in [0.717, 1.165) is 22.1 Å². The van der Waals surface area contributed by atoms with Gasteiger partial charge in [0.1, 0.15) is 13.2 Å².